The summed E-state index contributed by atoms with van der Waals surface area (Å²) in [7, 11) is 0. The maximum Gasteiger partial charge on any atom is 0.334 e. The normalized spacial score (nSPS) is 47.2. The van der Waals surface area contributed by atoms with Crippen molar-refractivity contribution in [1.29, 1.82) is 0 Å². The molecule has 5 atom stereocenters. The highest BCUT2D eigenvalue weighted by Crippen LogP contribution is 2.50. The quantitative estimate of drug-likeness (QED) is 0.406. The van der Waals surface area contributed by atoms with Gasteiger partial charge in [0.2, 0.25) is 0 Å². The summed E-state index contributed by atoms with van der Waals surface area (Å²) in [6.45, 7) is 7.93. The summed E-state index contributed by atoms with van der Waals surface area (Å²) in [5.74, 6) is 0.356. The van der Waals surface area contributed by atoms with E-state index < -0.39 is 5.60 Å². The largest absolute Gasteiger partial charge is 0.458 e. The van der Waals surface area contributed by atoms with Gasteiger partial charge in [0, 0.05) is 17.4 Å². The zero-order chi connectivity index (χ0) is 13.1. The molecule has 0 aromatic rings. The Labute approximate surface area is 108 Å². The van der Waals surface area contributed by atoms with Crippen LogP contribution in [-0.2, 0) is 9.53 Å². The first-order valence-corrected chi connectivity index (χ1v) is 6.72. The van der Waals surface area contributed by atoms with Crippen LogP contribution in [0.5, 0.6) is 0 Å². The summed E-state index contributed by atoms with van der Waals surface area (Å²) in [6.07, 6.45) is 4.51. The molecule has 1 saturated heterocycles. The highest BCUT2D eigenvalue weighted by Gasteiger charge is 2.49. The fraction of sp³-hybridized carbons (Fsp3) is 0.667. The Morgan fingerprint density at radius 1 is 1.50 bits per heavy atom. The number of hydrogen-bond donors (Lipinski definition) is 1. The molecule has 1 heterocycles. The molecule has 2 aliphatic carbocycles. The van der Waals surface area contributed by atoms with E-state index in [0.717, 1.165) is 19.3 Å². The Bertz CT molecular complexity index is 447. The van der Waals surface area contributed by atoms with Gasteiger partial charge < -0.3 is 9.84 Å². The fourth-order valence-electron chi connectivity index (χ4n) is 3.82. The van der Waals surface area contributed by atoms with Crippen molar-refractivity contribution in [2.45, 2.75) is 44.8 Å². The summed E-state index contributed by atoms with van der Waals surface area (Å²) in [6, 6.07) is 0. The van der Waals surface area contributed by atoms with Gasteiger partial charge in [-0.05, 0) is 32.1 Å². The first kappa shape index (κ1) is 12.0. The molecule has 0 radical (unpaired) electrons. The minimum Gasteiger partial charge on any atom is -0.458 e. The molecule has 0 bridgehead atoms. The number of ether oxygens (including phenoxy) is 1. The van der Waals surface area contributed by atoms with Gasteiger partial charge >= 0.3 is 5.97 Å². The second kappa shape index (κ2) is 3.70. The Hall–Kier alpha value is -1.09. The standard InChI is InChI=1S/C15H20O3/c1-8-6-13-11(9(2)14(16)18-13)7-12-10(8)4-5-15(12,3)17/h4,8,11-13,17H,2,5-7H2,1,3H3/t8?,11?,12?,13-,15-/m1/s1. The van der Waals surface area contributed by atoms with Gasteiger partial charge in [-0.25, -0.2) is 4.79 Å². The van der Waals surface area contributed by atoms with Crippen LogP contribution in [0.25, 0.3) is 0 Å². The first-order valence-electron chi connectivity index (χ1n) is 6.72. The third kappa shape index (κ3) is 1.57. The maximum atomic E-state index is 11.6. The zero-order valence-electron chi connectivity index (χ0n) is 11.0. The van der Waals surface area contributed by atoms with E-state index in [1.165, 1.54) is 5.57 Å². The molecule has 3 unspecified atom stereocenters. The number of esters is 1. The van der Waals surface area contributed by atoms with Crippen LogP contribution in [0.3, 0.4) is 0 Å². The lowest BCUT2D eigenvalue weighted by atomic mass is 9.79. The molecular weight excluding hydrogens is 228 g/mol. The Morgan fingerprint density at radius 2 is 2.22 bits per heavy atom. The molecule has 3 aliphatic rings. The Balaban J connectivity index is 1.95. The third-order valence-electron chi connectivity index (χ3n) is 4.97. The van der Waals surface area contributed by atoms with Crippen LogP contribution in [0.4, 0.5) is 0 Å². The highest BCUT2D eigenvalue weighted by molar-refractivity contribution is 5.90. The van der Waals surface area contributed by atoms with Crippen LogP contribution in [0.15, 0.2) is 23.8 Å². The van der Waals surface area contributed by atoms with Crippen LogP contribution in [0.2, 0.25) is 0 Å². The molecule has 3 nitrogen and oxygen atoms in total. The van der Waals surface area contributed by atoms with Crippen molar-refractivity contribution >= 4 is 5.97 Å². The third-order valence-corrected chi connectivity index (χ3v) is 4.97. The maximum absolute atomic E-state index is 11.6. The number of fused-ring (bicyclic) bond motifs is 2. The summed E-state index contributed by atoms with van der Waals surface area (Å²) in [5, 5.41) is 10.5. The van der Waals surface area contributed by atoms with Crippen LogP contribution in [0.1, 0.15) is 33.1 Å². The molecular formula is C15H20O3. The minimum absolute atomic E-state index is 0.0395. The Morgan fingerprint density at radius 3 is 2.94 bits per heavy atom. The molecule has 3 rings (SSSR count). The average molecular weight is 248 g/mol. The second-order valence-corrected chi connectivity index (χ2v) is 6.27. The van der Waals surface area contributed by atoms with Crippen molar-refractivity contribution < 1.29 is 14.6 Å². The van der Waals surface area contributed by atoms with Crippen LogP contribution in [-0.4, -0.2) is 22.8 Å². The minimum atomic E-state index is -0.676. The van der Waals surface area contributed by atoms with Gasteiger partial charge in [0.1, 0.15) is 6.10 Å². The predicted molar refractivity (Wildman–Crippen MR) is 67.7 cm³/mol. The van der Waals surface area contributed by atoms with E-state index in [1.807, 2.05) is 6.92 Å². The topological polar surface area (TPSA) is 46.5 Å². The van der Waals surface area contributed by atoms with E-state index in [-0.39, 0.29) is 23.9 Å². The smallest absolute Gasteiger partial charge is 0.334 e. The second-order valence-electron chi connectivity index (χ2n) is 6.27. The molecule has 18 heavy (non-hydrogen) atoms. The van der Waals surface area contributed by atoms with E-state index in [4.69, 9.17) is 4.74 Å². The molecule has 1 saturated carbocycles. The molecule has 0 amide bonds. The summed E-state index contributed by atoms with van der Waals surface area (Å²) < 4.78 is 5.41. The number of carbonyl (C=O) groups is 1. The lowest BCUT2D eigenvalue weighted by molar-refractivity contribution is -0.139. The molecule has 3 heteroatoms. The van der Waals surface area contributed by atoms with E-state index >= 15 is 0 Å². The molecule has 0 aromatic carbocycles. The summed E-state index contributed by atoms with van der Waals surface area (Å²) in [5.41, 5.74) is 1.26. The number of rotatable bonds is 0. The van der Waals surface area contributed by atoms with Crippen molar-refractivity contribution in [2.75, 3.05) is 0 Å². The highest BCUT2D eigenvalue weighted by atomic mass is 16.6. The van der Waals surface area contributed by atoms with Gasteiger partial charge in [-0.2, -0.15) is 0 Å². The van der Waals surface area contributed by atoms with Crippen LogP contribution >= 0.6 is 0 Å². The van der Waals surface area contributed by atoms with Gasteiger partial charge in [0.05, 0.1) is 5.60 Å². The van der Waals surface area contributed by atoms with Gasteiger partial charge in [-0.3, -0.25) is 0 Å². The predicted octanol–water partition coefficient (Wildman–Crippen LogP) is 2.21. The van der Waals surface area contributed by atoms with Gasteiger partial charge in [-0.1, -0.05) is 25.2 Å². The fourth-order valence-corrected chi connectivity index (χ4v) is 3.82. The lowest BCUT2D eigenvalue weighted by Crippen LogP contribution is -2.33. The summed E-state index contributed by atoms with van der Waals surface area (Å²) in [4.78, 5) is 11.6. The first-order chi connectivity index (χ1) is 8.40. The van der Waals surface area contributed by atoms with E-state index in [0.29, 0.717) is 11.5 Å². The molecule has 2 fully saturated rings. The van der Waals surface area contributed by atoms with Crippen molar-refractivity contribution in [3.05, 3.63) is 23.8 Å². The molecule has 0 aromatic heterocycles. The van der Waals surface area contributed by atoms with Gasteiger partial charge in [0.15, 0.2) is 0 Å². The van der Waals surface area contributed by atoms with Crippen molar-refractivity contribution in [1.82, 2.24) is 0 Å². The van der Waals surface area contributed by atoms with Crippen LogP contribution in [0, 0.1) is 17.8 Å². The number of carbonyl (C=O) groups excluding carboxylic acids is 1. The van der Waals surface area contributed by atoms with E-state index in [9.17, 15) is 9.90 Å². The van der Waals surface area contributed by atoms with Crippen molar-refractivity contribution in [3.8, 4) is 0 Å². The monoisotopic (exact) mass is 248 g/mol. The molecule has 1 aliphatic heterocycles. The summed E-state index contributed by atoms with van der Waals surface area (Å²) >= 11 is 0. The molecule has 98 valence electrons. The van der Waals surface area contributed by atoms with Gasteiger partial charge in [-0.15, -0.1) is 0 Å². The van der Waals surface area contributed by atoms with Gasteiger partial charge in [0.25, 0.3) is 0 Å². The average Bonchev–Trinajstić information content (AvgIpc) is 2.65. The zero-order valence-corrected chi connectivity index (χ0v) is 11.0. The van der Waals surface area contributed by atoms with E-state index in [1.54, 1.807) is 0 Å². The lowest BCUT2D eigenvalue weighted by Gasteiger charge is -2.30. The molecule has 1 N–H and O–H groups in total. The van der Waals surface area contributed by atoms with Crippen molar-refractivity contribution in [2.24, 2.45) is 17.8 Å². The Kier molecular flexibility index (Phi) is 2.46. The van der Waals surface area contributed by atoms with Crippen LogP contribution < -0.4 is 0 Å². The van der Waals surface area contributed by atoms with E-state index in [2.05, 4.69) is 19.6 Å². The SMILES string of the molecule is C=C1C(=O)O[C@@H]2CC(C)C3=CC[C@@](C)(O)C3CC12. The van der Waals surface area contributed by atoms with Crippen molar-refractivity contribution in [3.63, 3.8) is 0 Å². The number of hydrogen-bond acceptors (Lipinski definition) is 3. The number of aliphatic hydroxyl groups is 1. The molecule has 0 spiro atoms.